The Labute approximate surface area is 588 Å². The zero-order valence-corrected chi connectivity index (χ0v) is 64.6. The summed E-state index contributed by atoms with van der Waals surface area (Å²) in [6, 6.07) is 0. The quantitative estimate of drug-likeness (QED) is 0.0222. The van der Waals surface area contributed by atoms with Gasteiger partial charge in [-0.05, 0) is 43.4 Å². The highest BCUT2D eigenvalue weighted by Gasteiger charge is 2.30. The predicted molar refractivity (Wildman–Crippen MR) is 391 cm³/mol. The fourth-order valence-corrected chi connectivity index (χ4v) is 13.4. The highest BCUT2D eigenvalue weighted by Crippen LogP contribution is 2.45. The molecule has 96 heavy (non-hydrogen) atoms. The summed E-state index contributed by atoms with van der Waals surface area (Å²) in [5.74, 6) is 0.133. The number of unbranched alkanes of at least 4 members (excludes halogenated alkanes) is 43. The third-order valence-electron chi connectivity index (χ3n) is 17.9. The van der Waals surface area contributed by atoms with Crippen LogP contribution in [0.4, 0.5) is 0 Å². The molecule has 0 aromatic heterocycles. The van der Waals surface area contributed by atoms with E-state index < -0.39 is 97.5 Å². The summed E-state index contributed by atoms with van der Waals surface area (Å²) in [7, 11) is -9.91. The van der Waals surface area contributed by atoms with Crippen LogP contribution in [0.15, 0.2) is 0 Å². The van der Waals surface area contributed by atoms with Crippen LogP contribution in [0.25, 0.3) is 0 Å². The minimum absolute atomic E-state index is 0.104. The number of ether oxygens (including phenoxy) is 4. The predicted octanol–water partition coefficient (Wildman–Crippen LogP) is 22.6. The van der Waals surface area contributed by atoms with Crippen molar-refractivity contribution < 1.29 is 80.2 Å². The van der Waals surface area contributed by atoms with Gasteiger partial charge in [0.1, 0.15) is 19.3 Å². The number of phosphoric acid groups is 2. The van der Waals surface area contributed by atoms with E-state index in [1.54, 1.807) is 0 Å². The number of aliphatic hydroxyl groups excluding tert-OH is 1. The van der Waals surface area contributed by atoms with Crippen molar-refractivity contribution in [1.29, 1.82) is 0 Å². The summed E-state index contributed by atoms with van der Waals surface area (Å²) in [5.41, 5.74) is 0. The summed E-state index contributed by atoms with van der Waals surface area (Å²) < 4.78 is 68.5. The smallest absolute Gasteiger partial charge is 0.462 e. The number of carbonyl (C=O) groups is 4. The molecule has 0 aromatic rings. The number of carbonyl (C=O) groups excluding carboxylic acids is 4. The maximum atomic E-state index is 13.1. The lowest BCUT2D eigenvalue weighted by Gasteiger charge is -2.21. The number of phosphoric ester groups is 2. The summed E-state index contributed by atoms with van der Waals surface area (Å²) in [5, 5.41) is 10.6. The molecule has 0 heterocycles. The third-order valence-corrected chi connectivity index (χ3v) is 19.8. The zero-order valence-electron chi connectivity index (χ0n) is 62.8. The van der Waals surface area contributed by atoms with Crippen LogP contribution < -0.4 is 0 Å². The topological polar surface area (TPSA) is 237 Å². The first-order valence-corrected chi connectivity index (χ1v) is 42.8. The summed E-state index contributed by atoms with van der Waals surface area (Å²) >= 11 is 0. The van der Waals surface area contributed by atoms with Gasteiger partial charge in [-0.1, -0.05) is 344 Å². The standard InChI is InChI=1S/C77H150O17P2/c1-8-9-10-11-12-13-14-15-18-22-25-30-37-44-51-58-74(79)87-64-72(93-76(81)60-53-46-38-31-26-23-20-17-16-19-21-24-28-34-41-48-55-68(2)3)66-91-95(83,84)89-62-71(78)63-90-96(85,86)92-67-73(65-88-75(80)59-52-45-40-33-36-43-50-57-70(6)7)94-77(82)61-54-47-39-32-27-29-35-42-49-56-69(4)5/h68-73,78H,8-67H2,1-7H3,(H,83,84)(H,85,86)/t71-,72-,73-/m1/s1. The maximum Gasteiger partial charge on any atom is 0.472 e. The average Bonchev–Trinajstić information content (AvgIpc) is 1.09. The number of aliphatic hydroxyl groups is 1. The van der Waals surface area contributed by atoms with Gasteiger partial charge < -0.3 is 33.8 Å². The molecule has 3 N–H and O–H groups in total. The summed E-state index contributed by atoms with van der Waals surface area (Å²) in [6.45, 7) is 11.9. The van der Waals surface area contributed by atoms with Gasteiger partial charge >= 0.3 is 39.5 Å². The van der Waals surface area contributed by atoms with Gasteiger partial charge in [0.05, 0.1) is 26.4 Å². The van der Waals surface area contributed by atoms with Crippen molar-refractivity contribution in [2.24, 2.45) is 17.8 Å². The van der Waals surface area contributed by atoms with Crippen molar-refractivity contribution in [2.75, 3.05) is 39.6 Å². The fraction of sp³-hybridized carbons (Fsp3) is 0.948. The first kappa shape index (κ1) is 94.1. The van der Waals surface area contributed by atoms with Gasteiger partial charge in [0.15, 0.2) is 12.2 Å². The molecule has 0 bridgehead atoms. The molecular weight excluding hydrogens is 1260 g/mol. The van der Waals surface area contributed by atoms with E-state index in [0.717, 1.165) is 108 Å². The molecule has 0 aliphatic heterocycles. The lowest BCUT2D eigenvalue weighted by Crippen LogP contribution is -2.30. The second-order valence-electron chi connectivity index (χ2n) is 29.2. The molecule has 19 heteroatoms. The minimum Gasteiger partial charge on any atom is -0.462 e. The molecule has 0 amide bonds. The van der Waals surface area contributed by atoms with Crippen LogP contribution in [0.2, 0.25) is 0 Å². The van der Waals surface area contributed by atoms with E-state index in [4.69, 9.17) is 37.0 Å². The van der Waals surface area contributed by atoms with E-state index in [0.29, 0.717) is 31.6 Å². The maximum absolute atomic E-state index is 13.1. The van der Waals surface area contributed by atoms with Crippen molar-refractivity contribution in [3.8, 4) is 0 Å². The molecule has 0 aromatic carbocycles. The van der Waals surface area contributed by atoms with Gasteiger partial charge in [-0.2, -0.15) is 0 Å². The SMILES string of the molecule is CCCCCCCCCCCCCCCCCC(=O)OC[C@H](COP(=O)(O)OC[C@@H](O)COP(=O)(O)OC[C@@H](COC(=O)CCCCCCCCCC(C)C)OC(=O)CCCCCCCCCCCC(C)C)OC(=O)CCCCCCCCCCCCCCCCCCC(C)C. The van der Waals surface area contributed by atoms with Gasteiger partial charge in [-0.3, -0.25) is 37.3 Å². The van der Waals surface area contributed by atoms with E-state index in [-0.39, 0.29) is 25.7 Å². The minimum atomic E-state index is -4.96. The van der Waals surface area contributed by atoms with Gasteiger partial charge in [-0.25, -0.2) is 9.13 Å². The van der Waals surface area contributed by atoms with Crippen LogP contribution in [0.5, 0.6) is 0 Å². The Morgan fingerprint density at radius 1 is 0.281 bits per heavy atom. The molecule has 5 atom stereocenters. The second-order valence-corrected chi connectivity index (χ2v) is 32.1. The number of hydrogen-bond acceptors (Lipinski definition) is 15. The van der Waals surface area contributed by atoms with Crippen molar-refractivity contribution >= 4 is 39.5 Å². The van der Waals surface area contributed by atoms with E-state index in [1.165, 1.54) is 199 Å². The van der Waals surface area contributed by atoms with E-state index in [2.05, 4.69) is 48.5 Å². The first-order valence-electron chi connectivity index (χ1n) is 39.8. The van der Waals surface area contributed by atoms with Gasteiger partial charge in [0, 0.05) is 25.7 Å². The lowest BCUT2D eigenvalue weighted by molar-refractivity contribution is -0.161. The number of hydrogen-bond donors (Lipinski definition) is 3. The number of rotatable bonds is 75. The molecule has 17 nitrogen and oxygen atoms in total. The third kappa shape index (κ3) is 70.5. The molecule has 0 fully saturated rings. The molecule has 0 saturated heterocycles. The molecular formula is C77H150O17P2. The highest BCUT2D eigenvalue weighted by molar-refractivity contribution is 7.47. The van der Waals surface area contributed by atoms with E-state index in [1.807, 2.05) is 0 Å². The zero-order chi connectivity index (χ0) is 70.9. The van der Waals surface area contributed by atoms with Crippen LogP contribution in [0.1, 0.15) is 395 Å². The Morgan fingerprint density at radius 2 is 0.479 bits per heavy atom. The van der Waals surface area contributed by atoms with Crippen LogP contribution in [-0.2, 0) is 65.4 Å². The molecule has 0 radical (unpaired) electrons. The Hall–Kier alpha value is -1.94. The van der Waals surface area contributed by atoms with E-state index >= 15 is 0 Å². The van der Waals surface area contributed by atoms with Gasteiger partial charge in [-0.15, -0.1) is 0 Å². The number of esters is 4. The molecule has 0 saturated carbocycles. The normalized spacial score (nSPS) is 14.1. The van der Waals surface area contributed by atoms with Crippen LogP contribution in [0.3, 0.4) is 0 Å². The molecule has 0 aliphatic rings. The van der Waals surface area contributed by atoms with Crippen molar-refractivity contribution in [3.63, 3.8) is 0 Å². The van der Waals surface area contributed by atoms with Crippen molar-refractivity contribution in [2.45, 2.75) is 414 Å². The second kappa shape index (κ2) is 67.5. The fourth-order valence-electron chi connectivity index (χ4n) is 11.8. The van der Waals surface area contributed by atoms with Crippen molar-refractivity contribution in [1.82, 2.24) is 0 Å². The Kier molecular flexibility index (Phi) is 66.2. The molecule has 0 aliphatic carbocycles. The molecule has 570 valence electrons. The Balaban J connectivity index is 5.23. The summed E-state index contributed by atoms with van der Waals surface area (Å²) in [4.78, 5) is 72.8. The Bertz CT molecular complexity index is 1870. The van der Waals surface area contributed by atoms with Gasteiger partial charge in [0.25, 0.3) is 0 Å². The van der Waals surface area contributed by atoms with Crippen LogP contribution >= 0.6 is 15.6 Å². The molecule has 0 spiro atoms. The summed E-state index contributed by atoms with van der Waals surface area (Å²) in [6.07, 6.45) is 54.2. The average molecular weight is 1410 g/mol. The molecule has 0 rings (SSSR count). The van der Waals surface area contributed by atoms with Crippen LogP contribution in [0, 0.1) is 17.8 Å². The highest BCUT2D eigenvalue weighted by atomic mass is 31.2. The van der Waals surface area contributed by atoms with Gasteiger partial charge in [0.2, 0.25) is 0 Å². The van der Waals surface area contributed by atoms with Crippen molar-refractivity contribution in [3.05, 3.63) is 0 Å². The molecule has 2 unspecified atom stereocenters. The monoisotopic (exact) mass is 1410 g/mol. The largest absolute Gasteiger partial charge is 0.472 e. The Morgan fingerprint density at radius 3 is 0.708 bits per heavy atom. The lowest BCUT2D eigenvalue weighted by atomic mass is 10.0. The first-order chi connectivity index (χ1) is 46.2. The van der Waals surface area contributed by atoms with E-state index in [9.17, 15) is 43.2 Å². The van der Waals surface area contributed by atoms with Crippen LogP contribution in [-0.4, -0.2) is 96.7 Å².